The number of hydrogen-bond acceptors (Lipinski definition) is 7. The summed E-state index contributed by atoms with van der Waals surface area (Å²) in [6.07, 6.45) is 3.71. The van der Waals surface area contributed by atoms with Crippen molar-refractivity contribution >= 4 is 22.4 Å². The fraction of sp³-hybridized carbons (Fsp3) is 0.400. The maximum Gasteiger partial charge on any atom is 0.157 e. The summed E-state index contributed by atoms with van der Waals surface area (Å²) >= 11 is 0. The molecule has 1 saturated heterocycles. The third-order valence-electron chi connectivity index (χ3n) is 5.04. The molecule has 7 heteroatoms. The zero-order valence-corrected chi connectivity index (χ0v) is 15.9. The van der Waals surface area contributed by atoms with Crippen LogP contribution in [0.15, 0.2) is 30.6 Å². The van der Waals surface area contributed by atoms with Gasteiger partial charge in [0, 0.05) is 41.9 Å². The molecule has 1 atom stereocenters. The van der Waals surface area contributed by atoms with Gasteiger partial charge in [-0.05, 0) is 38.5 Å². The van der Waals surface area contributed by atoms with E-state index in [-0.39, 0.29) is 6.04 Å². The van der Waals surface area contributed by atoms with E-state index in [9.17, 15) is 0 Å². The van der Waals surface area contributed by atoms with Crippen molar-refractivity contribution in [2.24, 2.45) is 0 Å². The Bertz CT molecular complexity index is 954. The number of nitrogens with one attached hydrogen (secondary N) is 1. The summed E-state index contributed by atoms with van der Waals surface area (Å²) in [6.45, 7) is 9.26. The number of ether oxygens (including phenoxy) is 1. The van der Waals surface area contributed by atoms with E-state index in [1.807, 2.05) is 32.3 Å². The first-order valence-electron chi connectivity index (χ1n) is 9.27. The molecule has 1 N–H and O–H groups in total. The minimum absolute atomic E-state index is 0.0684. The summed E-state index contributed by atoms with van der Waals surface area (Å²) in [7, 11) is 0. The number of pyridine rings is 2. The number of morpholine rings is 1. The van der Waals surface area contributed by atoms with Gasteiger partial charge in [0.1, 0.15) is 5.82 Å². The van der Waals surface area contributed by atoms with Crippen LogP contribution in [0.25, 0.3) is 10.8 Å². The number of aromatic nitrogens is 4. The van der Waals surface area contributed by atoms with Crippen LogP contribution >= 0.6 is 0 Å². The highest BCUT2D eigenvalue weighted by atomic mass is 16.5. The predicted molar refractivity (Wildman–Crippen MR) is 106 cm³/mol. The second-order valence-corrected chi connectivity index (χ2v) is 6.87. The van der Waals surface area contributed by atoms with Gasteiger partial charge in [0.05, 0.1) is 24.9 Å². The molecule has 0 radical (unpaired) electrons. The Kier molecular flexibility index (Phi) is 4.85. The highest BCUT2D eigenvalue weighted by Gasteiger charge is 2.17. The van der Waals surface area contributed by atoms with Crippen LogP contribution in [0.3, 0.4) is 0 Å². The van der Waals surface area contributed by atoms with Gasteiger partial charge in [-0.1, -0.05) is 6.07 Å². The highest BCUT2D eigenvalue weighted by Crippen LogP contribution is 2.29. The Morgan fingerprint density at radius 3 is 2.67 bits per heavy atom. The summed E-state index contributed by atoms with van der Waals surface area (Å²) in [4.78, 5) is 11.3. The monoisotopic (exact) mass is 364 g/mol. The molecule has 0 amide bonds. The van der Waals surface area contributed by atoms with Crippen LogP contribution in [0.2, 0.25) is 0 Å². The first-order valence-corrected chi connectivity index (χ1v) is 9.27. The third-order valence-corrected chi connectivity index (χ3v) is 5.04. The molecule has 4 heterocycles. The Hall–Kier alpha value is -2.80. The van der Waals surface area contributed by atoms with Gasteiger partial charge in [-0.25, -0.2) is 4.98 Å². The van der Waals surface area contributed by atoms with Gasteiger partial charge in [-0.15, -0.1) is 5.10 Å². The van der Waals surface area contributed by atoms with E-state index in [0.29, 0.717) is 0 Å². The molecule has 7 nitrogen and oxygen atoms in total. The summed E-state index contributed by atoms with van der Waals surface area (Å²) < 4.78 is 5.45. The Morgan fingerprint density at radius 1 is 1.07 bits per heavy atom. The molecule has 3 aromatic rings. The normalized spacial score (nSPS) is 15.7. The second-order valence-electron chi connectivity index (χ2n) is 6.87. The lowest BCUT2D eigenvalue weighted by Gasteiger charge is -2.28. The lowest BCUT2D eigenvalue weighted by atomic mass is 10.1. The summed E-state index contributed by atoms with van der Waals surface area (Å²) in [5.74, 6) is 1.72. The Labute approximate surface area is 158 Å². The minimum Gasteiger partial charge on any atom is -0.378 e. The molecule has 0 unspecified atom stereocenters. The fourth-order valence-corrected chi connectivity index (χ4v) is 3.47. The molecular weight excluding hydrogens is 340 g/mol. The molecule has 1 fully saturated rings. The van der Waals surface area contributed by atoms with Crippen molar-refractivity contribution < 1.29 is 4.74 Å². The van der Waals surface area contributed by atoms with Crippen LogP contribution in [0.4, 0.5) is 11.6 Å². The van der Waals surface area contributed by atoms with Crippen LogP contribution < -0.4 is 10.2 Å². The van der Waals surface area contributed by atoms with Crippen LogP contribution in [-0.2, 0) is 4.74 Å². The van der Waals surface area contributed by atoms with Gasteiger partial charge >= 0.3 is 0 Å². The van der Waals surface area contributed by atoms with Crippen LogP contribution in [0, 0.1) is 13.8 Å². The van der Waals surface area contributed by atoms with Crippen molar-refractivity contribution in [2.45, 2.75) is 26.8 Å². The summed E-state index contributed by atoms with van der Waals surface area (Å²) in [5.41, 5.74) is 3.04. The maximum atomic E-state index is 5.45. The number of aryl methyl sites for hydroxylation is 2. The minimum atomic E-state index is 0.0684. The lowest BCUT2D eigenvalue weighted by Crippen LogP contribution is -2.36. The van der Waals surface area contributed by atoms with E-state index < -0.39 is 0 Å². The Balaban J connectivity index is 1.71. The molecule has 0 bridgehead atoms. The van der Waals surface area contributed by atoms with E-state index in [1.165, 1.54) is 0 Å². The molecule has 0 spiro atoms. The zero-order chi connectivity index (χ0) is 18.8. The van der Waals surface area contributed by atoms with Gasteiger partial charge in [-0.3, -0.25) is 4.98 Å². The van der Waals surface area contributed by atoms with E-state index >= 15 is 0 Å². The van der Waals surface area contributed by atoms with Crippen molar-refractivity contribution in [3.8, 4) is 0 Å². The maximum absolute atomic E-state index is 5.45. The van der Waals surface area contributed by atoms with E-state index in [2.05, 4.69) is 49.4 Å². The molecule has 0 saturated carbocycles. The Morgan fingerprint density at radius 2 is 1.89 bits per heavy atom. The molecule has 27 heavy (non-hydrogen) atoms. The van der Waals surface area contributed by atoms with Crippen molar-refractivity contribution in [1.29, 1.82) is 0 Å². The molecule has 0 aromatic carbocycles. The lowest BCUT2D eigenvalue weighted by molar-refractivity contribution is 0.122. The number of hydrogen-bond donors (Lipinski definition) is 1. The first kappa shape index (κ1) is 17.6. The van der Waals surface area contributed by atoms with Crippen molar-refractivity contribution in [3.63, 3.8) is 0 Å². The van der Waals surface area contributed by atoms with Crippen molar-refractivity contribution in [3.05, 3.63) is 47.5 Å². The van der Waals surface area contributed by atoms with Gasteiger partial charge < -0.3 is 15.0 Å². The smallest absolute Gasteiger partial charge is 0.157 e. The fourth-order valence-electron chi connectivity index (χ4n) is 3.47. The average Bonchev–Trinajstić information content (AvgIpc) is 2.71. The zero-order valence-electron chi connectivity index (χ0n) is 15.9. The van der Waals surface area contributed by atoms with E-state index in [0.717, 1.165) is 65.7 Å². The molecule has 0 aliphatic carbocycles. The quantitative estimate of drug-likeness (QED) is 0.762. The summed E-state index contributed by atoms with van der Waals surface area (Å²) in [6, 6.07) is 6.22. The third kappa shape index (κ3) is 3.55. The van der Waals surface area contributed by atoms with Crippen molar-refractivity contribution in [2.75, 3.05) is 36.5 Å². The van der Waals surface area contributed by atoms with E-state index in [4.69, 9.17) is 4.74 Å². The van der Waals surface area contributed by atoms with Crippen LogP contribution in [-0.4, -0.2) is 46.5 Å². The predicted octanol–water partition coefficient (Wildman–Crippen LogP) is 3.05. The number of rotatable bonds is 4. The molecule has 140 valence electrons. The van der Waals surface area contributed by atoms with Gasteiger partial charge in [-0.2, -0.15) is 5.10 Å². The number of anilines is 2. The van der Waals surface area contributed by atoms with E-state index in [1.54, 1.807) is 0 Å². The van der Waals surface area contributed by atoms with Crippen molar-refractivity contribution in [1.82, 2.24) is 20.2 Å². The van der Waals surface area contributed by atoms with Gasteiger partial charge in [0.15, 0.2) is 5.82 Å². The SMILES string of the molecule is Cc1ncccc1[C@@H](C)Nc1nnc(C)c2cnc(N3CCOCC3)cc12. The number of fused-ring (bicyclic) bond motifs is 1. The largest absolute Gasteiger partial charge is 0.378 e. The first-order chi connectivity index (χ1) is 13.1. The van der Waals surface area contributed by atoms with Gasteiger partial charge in [0.2, 0.25) is 0 Å². The van der Waals surface area contributed by atoms with Gasteiger partial charge in [0.25, 0.3) is 0 Å². The molecule has 1 aliphatic rings. The standard InChI is InChI=1S/C20H24N6O/c1-13-16(5-4-6-21-13)14(2)23-20-17-11-19(26-7-9-27-10-8-26)22-12-18(17)15(3)24-25-20/h4-6,11-12,14H,7-10H2,1-3H3,(H,23,25)/t14-/m1/s1. The van der Waals surface area contributed by atoms with Crippen LogP contribution in [0.1, 0.15) is 29.9 Å². The molecule has 4 rings (SSSR count). The molecule has 3 aromatic heterocycles. The number of nitrogens with zero attached hydrogens (tertiary/aromatic N) is 5. The summed E-state index contributed by atoms with van der Waals surface area (Å²) in [5, 5.41) is 14.3. The molecule has 1 aliphatic heterocycles. The van der Waals surface area contributed by atoms with Crippen LogP contribution in [0.5, 0.6) is 0 Å². The highest BCUT2D eigenvalue weighted by molar-refractivity contribution is 5.94. The second kappa shape index (κ2) is 7.44. The average molecular weight is 364 g/mol. The molecular formula is C20H24N6O. The topological polar surface area (TPSA) is 76.1 Å².